The number of carbonyl (C=O) groups is 1. The normalized spacial score (nSPS) is 11.0. The van der Waals surface area contributed by atoms with Crippen molar-refractivity contribution in [2.45, 2.75) is 6.92 Å². The minimum atomic E-state index is -0.477. The summed E-state index contributed by atoms with van der Waals surface area (Å²) in [6.07, 6.45) is 2.65. The Labute approximate surface area is 136 Å². The molecule has 0 aliphatic carbocycles. The summed E-state index contributed by atoms with van der Waals surface area (Å²) in [4.78, 5) is 28.2. The molecule has 2 N–H and O–H groups in total. The quantitative estimate of drug-likeness (QED) is 0.564. The van der Waals surface area contributed by atoms with Gasteiger partial charge in [0.2, 0.25) is 5.88 Å². The molecule has 0 fully saturated rings. The van der Waals surface area contributed by atoms with E-state index in [0.29, 0.717) is 11.2 Å². The molecule has 0 spiro atoms. The maximum absolute atomic E-state index is 12.4. The lowest BCUT2D eigenvalue weighted by Crippen LogP contribution is -2.22. The number of carbonyl (C=O) groups excluding carboxylic acids is 1. The Kier molecular flexibility index (Phi) is 4.07. The molecule has 0 saturated carbocycles. The molecular weight excluding hydrogens is 308 g/mol. The van der Waals surface area contributed by atoms with Gasteiger partial charge >= 0.3 is 0 Å². The first-order valence-electron chi connectivity index (χ1n) is 7.17. The van der Waals surface area contributed by atoms with Crippen LogP contribution in [-0.4, -0.2) is 26.6 Å². The number of amides is 1. The van der Waals surface area contributed by atoms with E-state index in [0.717, 1.165) is 11.8 Å². The lowest BCUT2D eigenvalue weighted by Gasteiger charge is -2.04. The topological polar surface area (TPSA) is 96.1 Å². The predicted molar refractivity (Wildman–Crippen MR) is 89.4 cm³/mol. The van der Waals surface area contributed by atoms with E-state index in [2.05, 4.69) is 15.5 Å². The SMILES string of the molecule is Cc1ccn2c(=O)c(/C=N/NC(=O)c3ccccc3)c(O)nc2c1. The third-order valence-corrected chi connectivity index (χ3v) is 3.40. The third-order valence-electron chi connectivity index (χ3n) is 3.40. The standard InChI is InChI=1S/C17H14N4O3/c1-11-7-8-21-14(9-11)19-16(23)13(17(21)24)10-18-20-15(22)12-5-3-2-4-6-12/h2-10,23H,1H3,(H,20,22)/b18-10+. The molecule has 120 valence electrons. The molecule has 7 heteroatoms. The largest absolute Gasteiger partial charge is 0.493 e. The number of aromatic nitrogens is 2. The smallest absolute Gasteiger partial charge is 0.271 e. The molecule has 24 heavy (non-hydrogen) atoms. The van der Waals surface area contributed by atoms with Gasteiger partial charge in [-0.2, -0.15) is 10.1 Å². The summed E-state index contributed by atoms with van der Waals surface area (Å²) in [5.41, 5.74) is 3.40. The van der Waals surface area contributed by atoms with Crippen molar-refractivity contribution in [3.8, 4) is 5.88 Å². The van der Waals surface area contributed by atoms with Crippen molar-refractivity contribution in [2.75, 3.05) is 0 Å². The lowest BCUT2D eigenvalue weighted by molar-refractivity contribution is 0.0955. The van der Waals surface area contributed by atoms with Crippen molar-refractivity contribution in [3.05, 3.63) is 75.7 Å². The molecule has 0 bridgehead atoms. The van der Waals surface area contributed by atoms with E-state index < -0.39 is 17.3 Å². The van der Waals surface area contributed by atoms with Crippen LogP contribution in [0.3, 0.4) is 0 Å². The number of benzene rings is 1. The van der Waals surface area contributed by atoms with Crippen LogP contribution in [0.15, 0.2) is 58.6 Å². The summed E-state index contributed by atoms with van der Waals surface area (Å²) in [7, 11) is 0. The van der Waals surface area contributed by atoms with Crippen LogP contribution in [0.1, 0.15) is 21.5 Å². The first kappa shape index (κ1) is 15.4. The van der Waals surface area contributed by atoms with Gasteiger partial charge in [-0.05, 0) is 36.8 Å². The third kappa shape index (κ3) is 3.00. The molecule has 0 unspecified atom stereocenters. The second-order valence-electron chi connectivity index (χ2n) is 5.15. The van der Waals surface area contributed by atoms with Crippen LogP contribution in [-0.2, 0) is 0 Å². The van der Waals surface area contributed by atoms with E-state index in [4.69, 9.17) is 0 Å². The van der Waals surface area contributed by atoms with Crippen molar-refractivity contribution in [3.63, 3.8) is 0 Å². The fraction of sp³-hybridized carbons (Fsp3) is 0.0588. The van der Waals surface area contributed by atoms with Crippen LogP contribution in [0.4, 0.5) is 0 Å². The first-order chi connectivity index (χ1) is 11.6. The molecule has 3 rings (SSSR count). The average Bonchev–Trinajstić information content (AvgIpc) is 2.58. The van der Waals surface area contributed by atoms with Crippen molar-refractivity contribution in [2.24, 2.45) is 5.10 Å². The second-order valence-corrected chi connectivity index (χ2v) is 5.15. The van der Waals surface area contributed by atoms with Crippen molar-refractivity contribution in [1.82, 2.24) is 14.8 Å². The number of hydrazone groups is 1. The highest BCUT2D eigenvalue weighted by Gasteiger charge is 2.10. The summed E-state index contributed by atoms with van der Waals surface area (Å²) in [6.45, 7) is 1.86. The van der Waals surface area contributed by atoms with Gasteiger partial charge in [-0.15, -0.1) is 0 Å². The van der Waals surface area contributed by atoms with Crippen LogP contribution >= 0.6 is 0 Å². The van der Waals surface area contributed by atoms with Gasteiger partial charge in [0.05, 0.1) is 6.21 Å². The van der Waals surface area contributed by atoms with E-state index in [9.17, 15) is 14.7 Å². The Morgan fingerprint density at radius 1 is 1.29 bits per heavy atom. The number of aromatic hydroxyl groups is 1. The molecule has 0 atom stereocenters. The zero-order valence-corrected chi connectivity index (χ0v) is 12.8. The Morgan fingerprint density at radius 3 is 2.79 bits per heavy atom. The Bertz CT molecular complexity index is 994. The maximum Gasteiger partial charge on any atom is 0.271 e. The minimum absolute atomic E-state index is 0.107. The number of nitrogens with one attached hydrogen (secondary N) is 1. The number of aryl methyl sites for hydroxylation is 1. The molecule has 1 aromatic carbocycles. The summed E-state index contributed by atoms with van der Waals surface area (Å²) >= 11 is 0. The summed E-state index contributed by atoms with van der Waals surface area (Å²) < 4.78 is 1.30. The fourth-order valence-corrected chi connectivity index (χ4v) is 2.16. The molecule has 0 aliphatic rings. The lowest BCUT2D eigenvalue weighted by atomic mass is 10.2. The highest BCUT2D eigenvalue weighted by atomic mass is 16.3. The average molecular weight is 322 g/mol. The number of hydrogen-bond donors (Lipinski definition) is 2. The van der Waals surface area contributed by atoms with Crippen LogP contribution in [0.25, 0.3) is 5.65 Å². The highest BCUT2D eigenvalue weighted by molar-refractivity contribution is 5.94. The van der Waals surface area contributed by atoms with E-state index >= 15 is 0 Å². The Hall–Kier alpha value is -3.48. The number of hydrogen-bond acceptors (Lipinski definition) is 5. The van der Waals surface area contributed by atoms with Gasteiger partial charge < -0.3 is 5.11 Å². The highest BCUT2D eigenvalue weighted by Crippen LogP contribution is 2.10. The molecule has 1 amide bonds. The molecule has 0 aliphatic heterocycles. The molecular formula is C17H14N4O3. The van der Waals surface area contributed by atoms with Crippen molar-refractivity contribution >= 4 is 17.8 Å². The minimum Gasteiger partial charge on any atom is -0.493 e. The molecule has 2 aromatic heterocycles. The molecule has 0 saturated heterocycles. The van der Waals surface area contributed by atoms with Gasteiger partial charge in [0.25, 0.3) is 11.5 Å². The molecule has 2 heterocycles. The number of nitrogens with zero attached hydrogens (tertiary/aromatic N) is 3. The summed E-state index contributed by atoms with van der Waals surface area (Å²) in [5.74, 6) is -0.862. The first-order valence-corrected chi connectivity index (χ1v) is 7.17. The molecule has 7 nitrogen and oxygen atoms in total. The Morgan fingerprint density at radius 2 is 2.04 bits per heavy atom. The van der Waals surface area contributed by atoms with Crippen molar-refractivity contribution < 1.29 is 9.90 Å². The molecule has 3 aromatic rings. The van der Waals surface area contributed by atoms with Crippen LogP contribution in [0, 0.1) is 6.92 Å². The predicted octanol–water partition coefficient (Wildman–Crippen LogP) is 1.47. The second kappa shape index (κ2) is 6.33. The Balaban J connectivity index is 1.89. The van der Waals surface area contributed by atoms with Crippen molar-refractivity contribution in [1.29, 1.82) is 0 Å². The van der Waals surface area contributed by atoms with Crippen LogP contribution < -0.4 is 11.0 Å². The van der Waals surface area contributed by atoms with Crippen LogP contribution in [0.2, 0.25) is 0 Å². The zero-order chi connectivity index (χ0) is 17.1. The maximum atomic E-state index is 12.4. The summed E-state index contributed by atoms with van der Waals surface area (Å²) in [6, 6.07) is 12.0. The van der Waals surface area contributed by atoms with E-state index in [1.165, 1.54) is 4.40 Å². The van der Waals surface area contributed by atoms with Gasteiger partial charge in [0.15, 0.2) is 0 Å². The zero-order valence-electron chi connectivity index (χ0n) is 12.8. The van der Waals surface area contributed by atoms with E-state index in [-0.39, 0.29) is 5.56 Å². The van der Waals surface area contributed by atoms with Gasteiger partial charge in [0, 0.05) is 11.8 Å². The van der Waals surface area contributed by atoms with Gasteiger partial charge in [-0.3, -0.25) is 14.0 Å². The summed E-state index contributed by atoms with van der Waals surface area (Å²) in [5, 5.41) is 13.7. The number of rotatable bonds is 3. The van der Waals surface area contributed by atoms with E-state index in [1.54, 1.807) is 48.7 Å². The van der Waals surface area contributed by atoms with E-state index in [1.807, 2.05) is 6.92 Å². The van der Waals surface area contributed by atoms with Gasteiger partial charge in [-0.1, -0.05) is 18.2 Å². The number of pyridine rings is 1. The van der Waals surface area contributed by atoms with Gasteiger partial charge in [0.1, 0.15) is 11.2 Å². The monoisotopic (exact) mass is 322 g/mol. The molecule has 0 radical (unpaired) electrons. The fourth-order valence-electron chi connectivity index (χ4n) is 2.16. The number of fused-ring (bicyclic) bond motifs is 1. The van der Waals surface area contributed by atoms with Crippen LogP contribution in [0.5, 0.6) is 5.88 Å². The van der Waals surface area contributed by atoms with Gasteiger partial charge in [-0.25, -0.2) is 5.43 Å².